The van der Waals surface area contributed by atoms with Crippen LogP contribution in [0.3, 0.4) is 0 Å². The van der Waals surface area contributed by atoms with Crippen LogP contribution in [0.2, 0.25) is 0 Å². The van der Waals surface area contributed by atoms with Gasteiger partial charge in [-0.2, -0.15) is 0 Å². The summed E-state index contributed by atoms with van der Waals surface area (Å²) in [4.78, 5) is 11.8. The Labute approximate surface area is 126 Å². The van der Waals surface area contributed by atoms with Crippen molar-refractivity contribution in [2.45, 2.75) is 70.0 Å². The molecular weight excluding hydrogens is 264 g/mol. The molecule has 5 rings (SSSR count). The standard InChI is InChI=1S/C18H26O3/c19-18-20-16-14-6-2-1-5-12(14)13-9-8-10-4-3-7-11(10)15(13)17(16)21-18/h10-17H,1-9H2. The molecule has 5 fully saturated rings. The second-order valence-corrected chi connectivity index (χ2v) is 8.20. The number of hydrogen-bond acceptors (Lipinski definition) is 3. The van der Waals surface area contributed by atoms with E-state index in [0.29, 0.717) is 11.8 Å². The van der Waals surface area contributed by atoms with Crippen LogP contribution in [0, 0.1) is 35.5 Å². The molecule has 0 aromatic rings. The van der Waals surface area contributed by atoms with Crippen LogP contribution in [0.15, 0.2) is 0 Å². The van der Waals surface area contributed by atoms with Gasteiger partial charge in [-0.05, 0) is 55.8 Å². The zero-order chi connectivity index (χ0) is 14.0. The molecule has 3 nitrogen and oxygen atoms in total. The molecule has 4 aliphatic carbocycles. The fourth-order valence-corrected chi connectivity index (χ4v) is 6.97. The highest BCUT2D eigenvalue weighted by Crippen LogP contribution is 2.59. The van der Waals surface area contributed by atoms with Gasteiger partial charge in [0.2, 0.25) is 0 Å². The maximum Gasteiger partial charge on any atom is 0.509 e. The predicted molar refractivity (Wildman–Crippen MR) is 77.6 cm³/mol. The average molecular weight is 290 g/mol. The van der Waals surface area contributed by atoms with E-state index in [2.05, 4.69) is 0 Å². The number of fused-ring (bicyclic) bond motifs is 8. The second-order valence-electron chi connectivity index (χ2n) is 8.20. The molecular formula is C18H26O3. The van der Waals surface area contributed by atoms with Crippen molar-refractivity contribution in [2.75, 3.05) is 0 Å². The molecule has 0 N–H and O–H groups in total. The summed E-state index contributed by atoms with van der Waals surface area (Å²) in [6, 6.07) is 0. The molecule has 0 amide bonds. The average Bonchev–Trinajstić information content (AvgIpc) is 3.12. The van der Waals surface area contributed by atoms with Crippen LogP contribution < -0.4 is 0 Å². The Morgan fingerprint density at radius 2 is 1.43 bits per heavy atom. The van der Waals surface area contributed by atoms with Gasteiger partial charge in [0.25, 0.3) is 0 Å². The van der Waals surface area contributed by atoms with Gasteiger partial charge in [-0.1, -0.05) is 25.7 Å². The van der Waals surface area contributed by atoms with Crippen LogP contribution in [0.25, 0.3) is 0 Å². The molecule has 8 unspecified atom stereocenters. The SMILES string of the molecule is O=C1OC2C3CCCCC3C3CCC4CCCC4C3C2O1. The van der Waals surface area contributed by atoms with Gasteiger partial charge >= 0.3 is 6.16 Å². The summed E-state index contributed by atoms with van der Waals surface area (Å²) < 4.78 is 11.4. The van der Waals surface area contributed by atoms with Crippen molar-refractivity contribution in [3.63, 3.8) is 0 Å². The lowest BCUT2D eigenvalue weighted by molar-refractivity contribution is -0.117. The smallest absolute Gasteiger partial charge is 0.427 e. The van der Waals surface area contributed by atoms with Crippen LogP contribution in [0.4, 0.5) is 4.79 Å². The first-order chi connectivity index (χ1) is 10.3. The van der Waals surface area contributed by atoms with Crippen molar-refractivity contribution in [2.24, 2.45) is 35.5 Å². The van der Waals surface area contributed by atoms with Crippen molar-refractivity contribution >= 4 is 6.16 Å². The maximum atomic E-state index is 11.8. The summed E-state index contributed by atoms with van der Waals surface area (Å²) in [6.45, 7) is 0. The topological polar surface area (TPSA) is 35.5 Å². The molecule has 0 radical (unpaired) electrons. The maximum absolute atomic E-state index is 11.8. The molecule has 1 aliphatic heterocycles. The van der Waals surface area contributed by atoms with Gasteiger partial charge in [-0.15, -0.1) is 0 Å². The highest BCUT2D eigenvalue weighted by molar-refractivity contribution is 5.63. The number of ether oxygens (including phenoxy) is 2. The Bertz CT molecular complexity index is 448. The molecule has 4 saturated carbocycles. The van der Waals surface area contributed by atoms with Crippen LogP contribution >= 0.6 is 0 Å². The molecule has 0 aromatic heterocycles. The molecule has 3 heteroatoms. The molecule has 1 saturated heterocycles. The van der Waals surface area contributed by atoms with Crippen LogP contribution in [-0.4, -0.2) is 18.4 Å². The molecule has 0 bridgehead atoms. The van der Waals surface area contributed by atoms with E-state index in [1.54, 1.807) is 0 Å². The lowest BCUT2D eigenvalue weighted by Gasteiger charge is -2.54. The summed E-state index contributed by atoms with van der Waals surface area (Å²) in [6.07, 6.45) is 12.1. The molecule has 5 aliphatic rings. The summed E-state index contributed by atoms with van der Waals surface area (Å²) in [5.41, 5.74) is 0. The van der Waals surface area contributed by atoms with Crippen molar-refractivity contribution < 1.29 is 14.3 Å². The van der Waals surface area contributed by atoms with Crippen molar-refractivity contribution in [3.8, 4) is 0 Å². The van der Waals surface area contributed by atoms with E-state index in [-0.39, 0.29) is 18.4 Å². The number of carbonyl (C=O) groups excluding carboxylic acids is 1. The van der Waals surface area contributed by atoms with Gasteiger partial charge < -0.3 is 9.47 Å². The minimum absolute atomic E-state index is 0.0865. The third kappa shape index (κ3) is 1.75. The molecule has 21 heavy (non-hydrogen) atoms. The minimum atomic E-state index is -0.380. The van der Waals surface area contributed by atoms with Crippen molar-refractivity contribution in [3.05, 3.63) is 0 Å². The van der Waals surface area contributed by atoms with Crippen LogP contribution in [-0.2, 0) is 9.47 Å². The third-order valence-electron chi connectivity index (χ3n) is 7.59. The van der Waals surface area contributed by atoms with Crippen LogP contribution in [0.5, 0.6) is 0 Å². The van der Waals surface area contributed by atoms with E-state index in [1.807, 2.05) is 0 Å². The lowest BCUT2D eigenvalue weighted by Crippen LogP contribution is -2.56. The lowest BCUT2D eigenvalue weighted by atomic mass is 9.52. The van der Waals surface area contributed by atoms with E-state index < -0.39 is 0 Å². The van der Waals surface area contributed by atoms with E-state index in [1.165, 1.54) is 57.8 Å². The van der Waals surface area contributed by atoms with E-state index >= 15 is 0 Å². The Kier molecular flexibility index (Phi) is 2.82. The van der Waals surface area contributed by atoms with Crippen molar-refractivity contribution in [1.82, 2.24) is 0 Å². The normalized spacial score (nSPS) is 54.8. The van der Waals surface area contributed by atoms with E-state index in [9.17, 15) is 4.79 Å². The molecule has 1 heterocycles. The second kappa shape index (κ2) is 4.63. The van der Waals surface area contributed by atoms with Crippen molar-refractivity contribution in [1.29, 1.82) is 0 Å². The minimum Gasteiger partial charge on any atom is -0.427 e. The molecule has 0 aromatic carbocycles. The zero-order valence-electron chi connectivity index (χ0n) is 12.7. The third-order valence-corrected chi connectivity index (χ3v) is 7.59. The summed E-state index contributed by atoms with van der Waals surface area (Å²) >= 11 is 0. The first kappa shape index (κ1) is 12.8. The van der Waals surface area contributed by atoms with E-state index in [0.717, 1.165) is 23.7 Å². The first-order valence-corrected chi connectivity index (χ1v) is 9.20. The Morgan fingerprint density at radius 3 is 2.33 bits per heavy atom. The Balaban J connectivity index is 1.53. The van der Waals surface area contributed by atoms with Gasteiger partial charge in [0.05, 0.1) is 0 Å². The fraction of sp³-hybridized carbons (Fsp3) is 0.944. The van der Waals surface area contributed by atoms with Gasteiger partial charge in [0.15, 0.2) is 0 Å². The largest absolute Gasteiger partial charge is 0.509 e. The van der Waals surface area contributed by atoms with Gasteiger partial charge in [0.1, 0.15) is 12.2 Å². The first-order valence-electron chi connectivity index (χ1n) is 9.20. The number of rotatable bonds is 0. The highest BCUT2D eigenvalue weighted by Gasteiger charge is 2.61. The van der Waals surface area contributed by atoms with Crippen LogP contribution in [0.1, 0.15) is 57.8 Å². The van der Waals surface area contributed by atoms with Gasteiger partial charge in [-0.3, -0.25) is 0 Å². The molecule has 116 valence electrons. The highest BCUT2D eigenvalue weighted by atomic mass is 16.8. The molecule has 8 atom stereocenters. The number of carbonyl (C=O) groups is 1. The quantitative estimate of drug-likeness (QED) is 0.629. The summed E-state index contributed by atoms with van der Waals surface area (Å²) in [5, 5.41) is 0. The molecule has 0 spiro atoms. The van der Waals surface area contributed by atoms with Gasteiger partial charge in [0, 0.05) is 11.8 Å². The Morgan fingerprint density at radius 1 is 0.667 bits per heavy atom. The fourth-order valence-electron chi connectivity index (χ4n) is 6.97. The summed E-state index contributed by atoms with van der Waals surface area (Å²) in [5.74, 6) is 4.54. The zero-order valence-corrected chi connectivity index (χ0v) is 12.7. The Hall–Kier alpha value is -0.730. The monoisotopic (exact) mass is 290 g/mol. The predicted octanol–water partition coefficient (Wildman–Crippen LogP) is 4.15. The summed E-state index contributed by atoms with van der Waals surface area (Å²) in [7, 11) is 0. The number of hydrogen-bond donors (Lipinski definition) is 0. The van der Waals surface area contributed by atoms with Gasteiger partial charge in [-0.25, -0.2) is 4.79 Å². The van der Waals surface area contributed by atoms with E-state index in [4.69, 9.17) is 9.47 Å².